The van der Waals surface area contributed by atoms with Crippen molar-refractivity contribution in [3.63, 3.8) is 0 Å². The number of hydrogen-bond acceptors (Lipinski definition) is 6. The lowest BCUT2D eigenvalue weighted by Crippen LogP contribution is -2.37. The number of rotatable bonds is 6. The number of aliphatic hydroxyl groups excluding tert-OH is 4. The molecule has 0 atom stereocenters. The quantitative estimate of drug-likeness (QED) is 0.287. The smallest absolute Gasteiger partial charge is 0.328 e. The summed E-state index contributed by atoms with van der Waals surface area (Å²) in [6, 6.07) is 0. The number of carboxylic acid groups (broad SMARTS) is 2. The molecule has 0 aliphatic carbocycles. The highest BCUT2D eigenvalue weighted by atomic mass is 16.4. The summed E-state index contributed by atoms with van der Waals surface area (Å²) in [5.74, 6) is -2.51. The van der Waals surface area contributed by atoms with Gasteiger partial charge in [-0.2, -0.15) is 0 Å². The molecule has 100 valence electrons. The Morgan fingerprint density at radius 3 is 1.06 bits per heavy atom. The van der Waals surface area contributed by atoms with E-state index >= 15 is 0 Å². The van der Waals surface area contributed by atoms with Crippen molar-refractivity contribution in [3.8, 4) is 0 Å². The fourth-order valence-electron chi connectivity index (χ4n) is 0.443. The van der Waals surface area contributed by atoms with E-state index in [2.05, 4.69) is 0 Å². The van der Waals surface area contributed by atoms with Gasteiger partial charge in [-0.15, -0.1) is 0 Å². The van der Waals surface area contributed by atoms with Gasteiger partial charge in [-0.25, -0.2) is 9.59 Å². The van der Waals surface area contributed by atoms with Crippen LogP contribution in [0.1, 0.15) is 0 Å². The van der Waals surface area contributed by atoms with Crippen molar-refractivity contribution in [2.75, 3.05) is 26.4 Å². The molecule has 0 fully saturated rings. The Morgan fingerprint density at radius 1 is 0.765 bits per heavy atom. The maximum Gasteiger partial charge on any atom is 0.328 e. The van der Waals surface area contributed by atoms with Crippen LogP contribution in [0.3, 0.4) is 0 Å². The van der Waals surface area contributed by atoms with Crippen molar-refractivity contribution in [2.24, 2.45) is 5.41 Å². The third-order valence-corrected chi connectivity index (χ3v) is 1.71. The van der Waals surface area contributed by atoms with Crippen LogP contribution in [-0.4, -0.2) is 69.0 Å². The molecule has 0 radical (unpaired) electrons. The Morgan fingerprint density at radius 2 is 1.00 bits per heavy atom. The van der Waals surface area contributed by atoms with Gasteiger partial charge in [0.25, 0.3) is 0 Å². The fourth-order valence-corrected chi connectivity index (χ4v) is 0.443. The summed E-state index contributed by atoms with van der Waals surface area (Å²) >= 11 is 0. The molecule has 17 heavy (non-hydrogen) atoms. The van der Waals surface area contributed by atoms with E-state index in [0.29, 0.717) is 12.2 Å². The maximum atomic E-state index is 9.55. The molecule has 0 bridgehead atoms. The first-order valence-electron chi connectivity index (χ1n) is 4.45. The second-order valence-electron chi connectivity index (χ2n) is 3.14. The maximum absolute atomic E-state index is 9.55. The summed E-state index contributed by atoms with van der Waals surface area (Å²) in [6.45, 7) is -1.62. The zero-order chi connectivity index (χ0) is 13.9. The van der Waals surface area contributed by atoms with E-state index < -0.39 is 43.8 Å². The summed E-state index contributed by atoms with van der Waals surface area (Å²) in [6.07, 6.45) is 1.12. The van der Waals surface area contributed by atoms with Crippen LogP contribution in [0.25, 0.3) is 0 Å². The monoisotopic (exact) mass is 252 g/mol. The standard InChI is InChI=1S/C5H12O4.C4H4O4/c6-1-5(2-7,3-8)4-9;5-3(6)1-2-4(7)8/h6-9H,1-4H2;1-2H,(H,5,6)(H,7,8)/b;2-1+. The molecule has 0 aromatic carbocycles. The lowest BCUT2D eigenvalue weighted by atomic mass is 9.93. The first kappa shape index (κ1) is 17.9. The first-order chi connectivity index (χ1) is 7.87. The molecular formula is C9H16O8. The topological polar surface area (TPSA) is 156 Å². The summed E-state index contributed by atoms with van der Waals surface area (Å²) in [5.41, 5.74) is -1.11. The van der Waals surface area contributed by atoms with Crippen LogP contribution in [-0.2, 0) is 9.59 Å². The number of carbonyl (C=O) groups is 2. The van der Waals surface area contributed by atoms with E-state index in [1.165, 1.54) is 0 Å². The lowest BCUT2D eigenvalue weighted by molar-refractivity contribution is -0.134. The third-order valence-electron chi connectivity index (χ3n) is 1.71. The molecule has 0 aliphatic rings. The van der Waals surface area contributed by atoms with Crippen molar-refractivity contribution in [1.82, 2.24) is 0 Å². The molecule has 0 saturated heterocycles. The van der Waals surface area contributed by atoms with E-state index in [1.807, 2.05) is 0 Å². The molecule has 0 aromatic heterocycles. The van der Waals surface area contributed by atoms with Crippen molar-refractivity contribution < 1.29 is 40.2 Å². The molecule has 6 N–H and O–H groups in total. The molecule has 0 aliphatic heterocycles. The summed E-state index contributed by atoms with van der Waals surface area (Å²) in [7, 11) is 0. The fraction of sp³-hybridized carbons (Fsp3) is 0.556. The Hall–Kier alpha value is -1.48. The Bertz CT molecular complexity index is 222. The van der Waals surface area contributed by atoms with Gasteiger partial charge in [0.1, 0.15) is 0 Å². The van der Waals surface area contributed by atoms with Gasteiger partial charge in [-0.1, -0.05) is 0 Å². The van der Waals surface area contributed by atoms with E-state index in [4.69, 9.17) is 30.6 Å². The Labute approximate surface area is 97.1 Å². The van der Waals surface area contributed by atoms with Gasteiger partial charge in [0.15, 0.2) is 0 Å². The highest BCUT2D eigenvalue weighted by Crippen LogP contribution is 2.11. The van der Waals surface area contributed by atoms with Gasteiger partial charge >= 0.3 is 11.9 Å². The van der Waals surface area contributed by atoms with Gasteiger partial charge in [0.2, 0.25) is 0 Å². The minimum atomic E-state index is -1.26. The number of hydrogen-bond donors (Lipinski definition) is 6. The van der Waals surface area contributed by atoms with Gasteiger partial charge < -0.3 is 30.6 Å². The summed E-state index contributed by atoms with van der Waals surface area (Å²) in [5, 5.41) is 49.6. The van der Waals surface area contributed by atoms with Crippen LogP contribution in [0.5, 0.6) is 0 Å². The zero-order valence-corrected chi connectivity index (χ0v) is 8.98. The third kappa shape index (κ3) is 9.45. The van der Waals surface area contributed by atoms with Gasteiger partial charge in [-0.05, 0) is 0 Å². The highest BCUT2D eigenvalue weighted by Gasteiger charge is 2.26. The molecule has 0 aromatic rings. The number of aliphatic hydroxyl groups is 4. The molecule has 8 nitrogen and oxygen atoms in total. The van der Waals surface area contributed by atoms with Gasteiger partial charge in [0.05, 0.1) is 31.8 Å². The van der Waals surface area contributed by atoms with E-state index in [-0.39, 0.29) is 0 Å². The van der Waals surface area contributed by atoms with Gasteiger partial charge in [-0.3, -0.25) is 0 Å². The van der Waals surface area contributed by atoms with Crippen molar-refractivity contribution in [1.29, 1.82) is 0 Å². The van der Waals surface area contributed by atoms with Crippen LogP contribution < -0.4 is 0 Å². The number of carboxylic acids is 2. The Kier molecular flexibility index (Phi) is 10.2. The second-order valence-corrected chi connectivity index (χ2v) is 3.14. The molecule has 0 rings (SSSR count). The van der Waals surface area contributed by atoms with Crippen molar-refractivity contribution >= 4 is 11.9 Å². The van der Waals surface area contributed by atoms with Crippen molar-refractivity contribution in [2.45, 2.75) is 0 Å². The predicted octanol–water partition coefficient (Wildman–Crippen LogP) is -2.35. The van der Waals surface area contributed by atoms with E-state index in [0.717, 1.165) is 0 Å². The molecule has 8 heteroatoms. The average Bonchev–Trinajstić information content (AvgIpc) is 2.31. The number of aliphatic carboxylic acids is 2. The van der Waals surface area contributed by atoms with Crippen molar-refractivity contribution in [3.05, 3.63) is 12.2 Å². The Balaban J connectivity index is 0. The highest BCUT2D eigenvalue weighted by molar-refractivity contribution is 5.89. The second kappa shape index (κ2) is 9.73. The van der Waals surface area contributed by atoms with Crippen LogP contribution >= 0.6 is 0 Å². The van der Waals surface area contributed by atoms with E-state index in [1.54, 1.807) is 0 Å². The molecule has 0 amide bonds. The molecule has 0 spiro atoms. The molecule has 0 heterocycles. The van der Waals surface area contributed by atoms with Crippen LogP contribution in [0.4, 0.5) is 0 Å². The van der Waals surface area contributed by atoms with E-state index in [9.17, 15) is 9.59 Å². The van der Waals surface area contributed by atoms with Crippen LogP contribution in [0, 0.1) is 5.41 Å². The zero-order valence-electron chi connectivity index (χ0n) is 8.98. The molecule has 0 unspecified atom stereocenters. The van der Waals surface area contributed by atoms with Crippen LogP contribution in [0.15, 0.2) is 12.2 Å². The average molecular weight is 252 g/mol. The molecule has 0 saturated carbocycles. The lowest BCUT2D eigenvalue weighted by Gasteiger charge is -2.23. The largest absolute Gasteiger partial charge is 0.478 e. The van der Waals surface area contributed by atoms with Gasteiger partial charge in [0, 0.05) is 12.2 Å². The summed E-state index contributed by atoms with van der Waals surface area (Å²) in [4.78, 5) is 19.1. The molecular weight excluding hydrogens is 236 g/mol. The summed E-state index contributed by atoms with van der Waals surface area (Å²) < 4.78 is 0. The minimum absolute atomic E-state index is 0.406. The predicted molar refractivity (Wildman–Crippen MR) is 55.2 cm³/mol. The normalized spacial score (nSPS) is 10.8. The SMILES string of the molecule is O=C(O)/C=C/C(=O)O.OCC(CO)(CO)CO. The minimum Gasteiger partial charge on any atom is -0.478 e. The first-order valence-corrected chi connectivity index (χ1v) is 4.45. The van der Waals surface area contributed by atoms with Crippen LogP contribution in [0.2, 0.25) is 0 Å².